The molecule has 2 aliphatic rings. The molecular weight excluding hydrogens is 400 g/mol. The van der Waals surface area contributed by atoms with Gasteiger partial charge in [-0.2, -0.15) is 4.31 Å². The van der Waals surface area contributed by atoms with Gasteiger partial charge in [0.2, 0.25) is 15.9 Å². The van der Waals surface area contributed by atoms with Gasteiger partial charge in [0.1, 0.15) is 0 Å². The van der Waals surface area contributed by atoms with Gasteiger partial charge in [0.15, 0.2) is 9.84 Å². The Bertz CT molecular complexity index is 893. The van der Waals surface area contributed by atoms with Gasteiger partial charge in [0, 0.05) is 37.6 Å². The fraction of sp³-hybridized carbons (Fsp3) is 0.562. The average Bonchev–Trinajstić information content (AvgIpc) is 2.93. The predicted molar refractivity (Wildman–Crippen MR) is 98.2 cm³/mol. The quantitative estimate of drug-likeness (QED) is 0.724. The smallest absolute Gasteiger partial charge is 0.243 e. The number of carbonyl (C=O) groups excluding carboxylic acids is 1. The minimum Gasteiger partial charge on any atom is -0.340 e. The second-order valence-corrected chi connectivity index (χ2v) is 11.3. The van der Waals surface area contributed by atoms with E-state index in [4.69, 9.17) is 11.6 Å². The summed E-state index contributed by atoms with van der Waals surface area (Å²) in [6, 6.07) is 6.11. The van der Waals surface area contributed by atoms with E-state index in [0.29, 0.717) is 24.5 Å². The SMILES string of the molecule is O=C(C[C@H]1CCS(=O)(=O)C1)N1CCN(S(=O)(=O)c2cccc(Cl)c2)CC1. The molecule has 0 bridgehead atoms. The van der Waals surface area contributed by atoms with Gasteiger partial charge in [0.25, 0.3) is 0 Å². The van der Waals surface area contributed by atoms with Crippen LogP contribution < -0.4 is 0 Å². The highest BCUT2D eigenvalue weighted by Gasteiger charge is 2.33. The van der Waals surface area contributed by atoms with Crippen molar-refractivity contribution in [3.63, 3.8) is 0 Å². The maximum Gasteiger partial charge on any atom is 0.243 e. The van der Waals surface area contributed by atoms with Crippen molar-refractivity contribution in [2.75, 3.05) is 37.7 Å². The van der Waals surface area contributed by atoms with Gasteiger partial charge in [-0.15, -0.1) is 0 Å². The maximum absolute atomic E-state index is 12.7. The molecule has 0 unspecified atom stereocenters. The predicted octanol–water partition coefficient (Wildman–Crippen LogP) is 0.998. The number of halogens is 1. The summed E-state index contributed by atoms with van der Waals surface area (Å²) in [6.45, 7) is 1.03. The van der Waals surface area contributed by atoms with Crippen molar-refractivity contribution >= 4 is 37.4 Å². The largest absolute Gasteiger partial charge is 0.340 e. The summed E-state index contributed by atoms with van der Waals surface area (Å²) in [5.41, 5.74) is 0. The van der Waals surface area contributed by atoms with Crippen molar-refractivity contribution in [2.24, 2.45) is 5.92 Å². The minimum absolute atomic E-state index is 0.0713. The maximum atomic E-state index is 12.7. The fourth-order valence-corrected chi connectivity index (χ4v) is 6.95. The summed E-state index contributed by atoms with van der Waals surface area (Å²) >= 11 is 5.88. The molecule has 0 aromatic heterocycles. The molecule has 1 amide bonds. The van der Waals surface area contributed by atoms with Crippen LogP contribution in [-0.2, 0) is 24.7 Å². The highest BCUT2D eigenvalue weighted by Crippen LogP contribution is 2.24. The first-order valence-corrected chi connectivity index (χ1v) is 12.1. The van der Waals surface area contributed by atoms with Crippen molar-refractivity contribution in [3.05, 3.63) is 29.3 Å². The summed E-state index contributed by atoms with van der Waals surface area (Å²) in [4.78, 5) is 14.1. The van der Waals surface area contributed by atoms with E-state index < -0.39 is 19.9 Å². The average molecular weight is 421 g/mol. The Balaban J connectivity index is 1.58. The molecule has 1 atom stereocenters. The Morgan fingerprint density at radius 2 is 1.88 bits per heavy atom. The van der Waals surface area contributed by atoms with Crippen LogP contribution in [0.3, 0.4) is 0 Å². The Morgan fingerprint density at radius 3 is 2.46 bits per heavy atom. The molecule has 0 spiro atoms. The lowest BCUT2D eigenvalue weighted by Crippen LogP contribution is -2.50. The van der Waals surface area contributed by atoms with Gasteiger partial charge < -0.3 is 4.90 Å². The highest BCUT2D eigenvalue weighted by molar-refractivity contribution is 7.91. The number of nitrogens with zero attached hydrogens (tertiary/aromatic N) is 2. The molecule has 7 nitrogen and oxygen atoms in total. The van der Waals surface area contributed by atoms with Gasteiger partial charge in [0.05, 0.1) is 16.4 Å². The molecule has 10 heteroatoms. The van der Waals surface area contributed by atoms with E-state index in [1.165, 1.54) is 16.4 Å². The van der Waals surface area contributed by atoms with Crippen molar-refractivity contribution in [1.29, 1.82) is 0 Å². The van der Waals surface area contributed by atoms with Crippen molar-refractivity contribution in [3.8, 4) is 0 Å². The monoisotopic (exact) mass is 420 g/mol. The zero-order valence-electron chi connectivity index (χ0n) is 14.2. The van der Waals surface area contributed by atoms with Crippen LogP contribution in [0.2, 0.25) is 5.02 Å². The second kappa shape index (κ2) is 7.46. The molecule has 3 rings (SSSR count). The summed E-state index contributed by atoms with van der Waals surface area (Å²) < 4.78 is 49.7. The first kappa shape index (κ1) is 19.6. The zero-order chi connectivity index (χ0) is 18.9. The first-order valence-electron chi connectivity index (χ1n) is 8.41. The van der Waals surface area contributed by atoms with Crippen molar-refractivity contribution in [1.82, 2.24) is 9.21 Å². The number of rotatable bonds is 4. The number of amides is 1. The number of carbonyl (C=O) groups is 1. The van der Waals surface area contributed by atoms with Gasteiger partial charge in [-0.3, -0.25) is 4.79 Å². The third-order valence-corrected chi connectivity index (χ3v) is 8.78. The van der Waals surface area contributed by atoms with E-state index in [0.717, 1.165) is 0 Å². The van der Waals surface area contributed by atoms with Crippen LogP contribution in [0.15, 0.2) is 29.2 Å². The topological polar surface area (TPSA) is 91.8 Å². The molecule has 2 heterocycles. The Hall–Kier alpha value is -1.16. The Labute approximate surface area is 158 Å². The number of sulfone groups is 1. The summed E-state index contributed by atoms with van der Waals surface area (Å²) in [7, 11) is -6.64. The van der Waals surface area contributed by atoms with E-state index in [2.05, 4.69) is 0 Å². The van der Waals surface area contributed by atoms with E-state index in [1.807, 2.05) is 0 Å². The number of hydrogen-bond acceptors (Lipinski definition) is 5. The van der Waals surface area contributed by atoms with E-state index in [-0.39, 0.29) is 47.7 Å². The van der Waals surface area contributed by atoms with Gasteiger partial charge in [-0.05, 0) is 30.5 Å². The molecule has 0 saturated carbocycles. The Morgan fingerprint density at radius 1 is 1.19 bits per heavy atom. The van der Waals surface area contributed by atoms with Crippen LogP contribution in [-0.4, -0.2) is 69.6 Å². The van der Waals surface area contributed by atoms with Crippen molar-refractivity contribution < 1.29 is 21.6 Å². The van der Waals surface area contributed by atoms with Crippen molar-refractivity contribution in [2.45, 2.75) is 17.7 Å². The summed E-state index contributed by atoms with van der Waals surface area (Å²) in [6.07, 6.45) is 0.734. The summed E-state index contributed by atoms with van der Waals surface area (Å²) in [5, 5.41) is 0.353. The molecule has 1 aromatic rings. The van der Waals surface area contributed by atoms with Gasteiger partial charge in [-0.1, -0.05) is 17.7 Å². The second-order valence-electron chi connectivity index (χ2n) is 6.72. The lowest BCUT2D eigenvalue weighted by Gasteiger charge is -2.34. The molecule has 0 aliphatic carbocycles. The molecule has 26 heavy (non-hydrogen) atoms. The first-order chi connectivity index (χ1) is 12.2. The summed E-state index contributed by atoms with van der Waals surface area (Å²) in [5.74, 6) is -0.00836. The molecule has 2 saturated heterocycles. The lowest BCUT2D eigenvalue weighted by molar-refractivity contribution is -0.133. The van der Waals surface area contributed by atoms with Crippen LogP contribution in [0.25, 0.3) is 0 Å². The third-order valence-electron chi connectivity index (χ3n) is 4.82. The van der Waals surface area contributed by atoms with Crippen LogP contribution in [0.5, 0.6) is 0 Å². The normalized spacial score (nSPS) is 23.9. The Kier molecular flexibility index (Phi) is 5.62. The molecule has 144 valence electrons. The number of piperazine rings is 1. The third kappa shape index (κ3) is 4.39. The van der Waals surface area contributed by atoms with E-state index in [1.54, 1.807) is 17.0 Å². The van der Waals surface area contributed by atoms with Gasteiger partial charge >= 0.3 is 0 Å². The number of sulfonamides is 1. The molecule has 2 aliphatic heterocycles. The molecule has 0 N–H and O–H groups in total. The molecule has 1 aromatic carbocycles. The van der Waals surface area contributed by atoms with Crippen LogP contribution in [0.4, 0.5) is 0 Å². The zero-order valence-corrected chi connectivity index (χ0v) is 16.6. The van der Waals surface area contributed by atoms with Gasteiger partial charge in [-0.25, -0.2) is 16.8 Å². The van der Waals surface area contributed by atoms with Crippen LogP contribution >= 0.6 is 11.6 Å². The van der Waals surface area contributed by atoms with E-state index >= 15 is 0 Å². The fourth-order valence-electron chi connectivity index (χ4n) is 3.36. The lowest BCUT2D eigenvalue weighted by atomic mass is 10.0. The number of hydrogen-bond donors (Lipinski definition) is 0. The van der Waals surface area contributed by atoms with Crippen LogP contribution in [0, 0.1) is 5.92 Å². The number of benzene rings is 1. The highest BCUT2D eigenvalue weighted by atomic mass is 35.5. The minimum atomic E-state index is -3.64. The van der Waals surface area contributed by atoms with E-state index in [9.17, 15) is 21.6 Å². The standard InChI is InChI=1S/C16H21ClN2O5S2/c17-14-2-1-3-15(11-14)26(23,24)19-7-5-18(6-8-19)16(20)10-13-4-9-25(21,22)12-13/h1-3,11,13H,4-10,12H2/t13-/m1/s1. The van der Waals surface area contributed by atoms with Crippen LogP contribution in [0.1, 0.15) is 12.8 Å². The molecule has 2 fully saturated rings. The molecule has 0 radical (unpaired) electrons. The molecular formula is C16H21ClN2O5S2.